The third-order valence-corrected chi connectivity index (χ3v) is 4.95. The van der Waals surface area contributed by atoms with Crippen molar-refractivity contribution in [1.82, 2.24) is 4.90 Å². The van der Waals surface area contributed by atoms with Gasteiger partial charge in [-0.1, -0.05) is 25.8 Å². The summed E-state index contributed by atoms with van der Waals surface area (Å²) < 4.78 is 11.4. The molecule has 3 aliphatic rings. The smallest absolute Gasteiger partial charge is 0.411 e. The summed E-state index contributed by atoms with van der Waals surface area (Å²) in [5.74, 6) is 1.31. The van der Waals surface area contributed by atoms with Crippen molar-refractivity contribution < 1.29 is 14.3 Å². The van der Waals surface area contributed by atoms with E-state index in [1.807, 2.05) is 24.3 Å². The topological polar surface area (TPSA) is 50.8 Å². The molecule has 3 fully saturated rings. The summed E-state index contributed by atoms with van der Waals surface area (Å²) in [5.41, 5.74) is 0.717. The molecule has 5 heteroatoms. The maximum atomic E-state index is 12.2. The molecule has 0 unspecified atom stereocenters. The second kappa shape index (κ2) is 8.38. The normalized spacial score (nSPS) is 25.3. The van der Waals surface area contributed by atoms with Crippen molar-refractivity contribution in [3.05, 3.63) is 24.3 Å². The van der Waals surface area contributed by atoms with Crippen LogP contribution in [0.5, 0.6) is 5.75 Å². The van der Waals surface area contributed by atoms with Crippen LogP contribution in [0.4, 0.5) is 10.5 Å². The van der Waals surface area contributed by atoms with Gasteiger partial charge >= 0.3 is 6.09 Å². The standard InChI is InChI=1S/C19H28N2O3/c1-2-3-4-12-23-17-7-5-6-16(13-17)20-19(22)24-18-14-21-10-8-15(18)9-11-21/h5-7,13,15,18H,2-4,8-12,14H2,1H3,(H,20,22)/t18-/m1/s1. The van der Waals surface area contributed by atoms with Crippen LogP contribution in [0.3, 0.4) is 0 Å². The van der Waals surface area contributed by atoms with Crippen LogP contribution in [0.25, 0.3) is 0 Å². The molecule has 4 rings (SSSR count). The lowest BCUT2D eigenvalue weighted by Gasteiger charge is -2.43. The zero-order valence-electron chi connectivity index (χ0n) is 14.5. The number of benzene rings is 1. The van der Waals surface area contributed by atoms with Gasteiger partial charge in [0.25, 0.3) is 0 Å². The Morgan fingerprint density at radius 3 is 2.83 bits per heavy atom. The van der Waals surface area contributed by atoms with Gasteiger partial charge in [0, 0.05) is 18.3 Å². The number of anilines is 1. The van der Waals surface area contributed by atoms with Gasteiger partial charge in [-0.15, -0.1) is 0 Å². The minimum Gasteiger partial charge on any atom is -0.494 e. The molecule has 0 saturated carbocycles. The average molecular weight is 332 g/mol. The van der Waals surface area contributed by atoms with E-state index < -0.39 is 0 Å². The molecule has 0 spiro atoms. The molecule has 5 nitrogen and oxygen atoms in total. The van der Waals surface area contributed by atoms with Gasteiger partial charge in [0.15, 0.2) is 0 Å². The fourth-order valence-corrected chi connectivity index (χ4v) is 3.53. The number of rotatable bonds is 7. The molecule has 1 aromatic carbocycles. The van der Waals surface area contributed by atoms with Crippen LogP contribution in [0.2, 0.25) is 0 Å². The number of hydrogen-bond donors (Lipinski definition) is 1. The lowest BCUT2D eigenvalue weighted by atomic mass is 9.86. The number of piperidine rings is 3. The summed E-state index contributed by atoms with van der Waals surface area (Å²) in [5, 5.41) is 2.83. The first-order chi connectivity index (χ1) is 11.7. The molecule has 0 aliphatic carbocycles. The molecular weight excluding hydrogens is 304 g/mol. The van der Waals surface area contributed by atoms with Gasteiger partial charge in [-0.05, 0) is 50.4 Å². The first-order valence-electron chi connectivity index (χ1n) is 9.17. The van der Waals surface area contributed by atoms with E-state index in [-0.39, 0.29) is 12.2 Å². The predicted octanol–water partition coefficient (Wildman–Crippen LogP) is 3.90. The molecule has 132 valence electrons. The molecule has 0 radical (unpaired) electrons. The van der Waals surface area contributed by atoms with Gasteiger partial charge < -0.3 is 9.47 Å². The minimum absolute atomic E-state index is 0.0287. The second-order valence-corrected chi connectivity index (χ2v) is 6.79. The zero-order valence-corrected chi connectivity index (χ0v) is 14.5. The second-order valence-electron chi connectivity index (χ2n) is 6.79. The molecular formula is C19H28N2O3. The monoisotopic (exact) mass is 332 g/mol. The summed E-state index contributed by atoms with van der Waals surface area (Å²) in [6.07, 6.45) is 5.34. The van der Waals surface area contributed by atoms with Gasteiger partial charge in [-0.2, -0.15) is 0 Å². The Bertz CT molecular complexity index is 541. The number of carbonyl (C=O) groups is 1. The van der Waals surface area contributed by atoms with E-state index in [9.17, 15) is 4.79 Å². The van der Waals surface area contributed by atoms with Gasteiger partial charge in [0.05, 0.1) is 6.61 Å². The Balaban J connectivity index is 1.47. The quantitative estimate of drug-likeness (QED) is 0.770. The van der Waals surface area contributed by atoms with Gasteiger partial charge in [-0.3, -0.25) is 10.2 Å². The average Bonchev–Trinajstić information content (AvgIpc) is 2.60. The van der Waals surface area contributed by atoms with Crippen molar-refractivity contribution in [2.24, 2.45) is 5.92 Å². The molecule has 1 atom stereocenters. The summed E-state index contributed by atoms with van der Waals surface area (Å²) >= 11 is 0. The fraction of sp³-hybridized carbons (Fsp3) is 0.632. The van der Waals surface area contributed by atoms with Crippen molar-refractivity contribution in [2.45, 2.75) is 45.1 Å². The summed E-state index contributed by atoms with van der Waals surface area (Å²) in [6, 6.07) is 7.51. The Morgan fingerprint density at radius 2 is 2.12 bits per heavy atom. The number of nitrogens with zero attached hydrogens (tertiary/aromatic N) is 1. The number of unbranched alkanes of at least 4 members (excludes halogenated alkanes) is 2. The largest absolute Gasteiger partial charge is 0.494 e. The van der Waals surface area contributed by atoms with Gasteiger partial charge in [0.2, 0.25) is 0 Å². The number of ether oxygens (including phenoxy) is 2. The Kier molecular flexibility index (Phi) is 5.96. The third-order valence-electron chi connectivity index (χ3n) is 4.95. The highest BCUT2D eigenvalue weighted by molar-refractivity contribution is 5.85. The van der Waals surface area contributed by atoms with Crippen LogP contribution in [0.15, 0.2) is 24.3 Å². The van der Waals surface area contributed by atoms with E-state index in [0.29, 0.717) is 18.2 Å². The molecule has 1 aromatic rings. The lowest BCUT2D eigenvalue weighted by molar-refractivity contribution is -0.0289. The molecule has 1 N–H and O–H groups in total. The number of hydrogen-bond acceptors (Lipinski definition) is 4. The van der Waals surface area contributed by atoms with E-state index in [1.54, 1.807) is 0 Å². The van der Waals surface area contributed by atoms with Crippen molar-refractivity contribution in [1.29, 1.82) is 0 Å². The van der Waals surface area contributed by atoms with Crippen LogP contribution in [-0.4, -0.2) is 43.3 Å². The molecule has 1 amide bonds. The highest BCUT2D eigenvalue weighted by Gasteiger charge is 2.36. The predicted molar refractivity (Wildman–Crippen MR) is 94.5 cm³/mol. The third kappa shape index (κ3) is 4.63. The molecule has 2 bridgehead atoms. The van der Waals surface area contributed by atoms with E-state index in [4.69, 9.17) is 9.47 Å². The van der Waals surface area contributed by atoms with Crippen molar-refractivity contribution in [3.8, 4) is 5.75 Å². The number of fused-ring (bicyclic) bond motifs is 3. The minimum atomic E-state index is -0.364. The molecule has 3 aliphatic heterocycles. The maximum absolute atomic E-state index is 12.2. The van der Waals surface area contributed by atoms with E-state index in [0.717, 1.165) is 44.6 Å². The van der Waals surface area contributed by atoms with Crippen molar-refractivity contribution >= 4 is 11.8 Å². The first kappa shape index (κ1) is 17.1. The van der Waals surface area contributed by atoms with Crippen LogP contribution in [0, 0.1) is 5.92 Å². The molecule has 24 heavy (non-hydrogen) atoms. The van der Waals surface area contributed by atoms with Crippen LogP contribution in [-0.2, 0) is 4.74 Å². The van der Waals surface area contributed by atoms with Crippen LogP contribution in [0.1, 0.15) is 39.0 Å². The number of amides is 1. The zero-order chi connectivity index (χ0) is 16.8. The SMILES string of the molecule is CCCCCOc1cccc(NC(=O)O[C@@H]2CN3CCC2CC3)c1. The van der Waals surface area contributed by atoms with Gasteiger partial charge in [0.1, 0.15) is 11.9 Å². The summed E-state index contributed by atoms with van der Waals surface area (Å²) in [6.45, 7) is 6.04. The molecule has 3 saturated heterocycles. The lowest BCUT2D eigenvalue weighted by Crippen LogP contribution is -2.52. The Labute approximate surface area is 144 Å². The fourth-order valence-electron chi connectivity index (χ4n) is 3.53. The summed E-state index contributed by atoms with van der Waals surface area (Å²) in [4.78, 5) is 14.6. The van der Waals surface area contributed by atoms with E-state index in [2.05, 4.69) is 17.1 Å². The van der Waals surface area contributed by atoms with Crippen molar-refractivity contribution in [2.75, 3.05) is 31.6 Å². The Hall–Kier alpha value is -1.75. The molecule has 3 heterocycles. The van der Waals surface area contributed by atoms with Crippen molar-refractivity contribution in [3.63, 3.8) is 0 Å². The highest BCUT2D eigenvalue weighted by atomic mass is 16.6. The Morgan fingerprint density at radius 1 is 1.29 bits per heavy atom. The maximum Gasteiger partial charge on any atom is 0.411 e. The van der Waals surface area contributed by atoms with E-state index >= 15 is 0 Å². The van der Waals surface area contributed by atoms with Crippen LogP contribution < -0.4 is 10.1 Å². The van der Waals surface area contributed by atoms with Gasteiger partial charge in [-0.25, -0.2) is 4.79 Å². The first-order valence-corrected chi connectivity index (χ1v) is 9.17. The molecule has 0 aromatic heterocycles. The highest BCUT2D eigenvalue weighted by Crippen LogP contribution is 2.29. The van der Waals surface area contributed by atoms with Crippen LogP contribution >= 0.6 is 0 Å². The summed E-state index contributed by atoms with van der Waals surface area (Å²) in [7, 11) is 0. The van der Waals surface area contributed by atoms with E-state index in [1.165, 1.54) is 12.8 Å². The number of nitrogens with one attached hydrogen (secondary N) is 1. The number of carbonyl (C=O) groups excluding carboxylic acids is 1.